The Morgan fingerprint density at radius 2 is 1.58 bits per heavy atom. The van der Waals surface area contributed by atoms with Crippen molar-refractivity contribution in [2.45, 2.75) is 26.3 Å². The van der Waals surface area contributed by atoms with Gasteiger partial charge in [0.2, 0.25) is 0 Å². The molecule has 0 bridgehead atoms. The fraction of sp³-hybridized carbons (Fsp3) is 0.333. The number of hydrogen-bond acceptors (Lipinski definition) is 3. The maximum atomic E-state index is 12.7. The van der Waals surface area contributed by atoms with Gasteiger partial charge in [0.15, 0.2) is 11.5 Å². The zero-order valence-electron chi connectivity index (χ0n) is 13.4. The maximum absolute atomic E-state index is 12.7. The van der Waals surface area contributed by atoms with Gasteiger partial charge < -0.3 is 14.8 Å². The Bertz CT molecular complexity index is 719. The van der Waals surface area contributed by atoms with E-state index in [-0.39, 0.29) is 17.6 Å². The van der Waals surface area contributed by atoms with Crippen LogP contribution in [0.2, 0.25) is 0 Å². The van der Waals surface area contributed by atoms with E-state index in [4.69, 9.17) is 4.74 Å². The largest absolute Gasteiger partial charge is 0.573 e. The lowest BCUT2D eigenvalue weighted by Gasteiger charge is -2.28. The van der Waals surface area contributed by atoms with Crippen LogP contribution in [0.1, 0.15) is 11.1 Å². The molecule has 0 amide bonds. The number of rotatable bonds is 4. The Balaban J connectivity index is 1.97. The number of aryl methyl sites for hydroxylation is 2. The van der Waals surface area contributed by atoms with E-state index in [0.717, 1.165) is 16.7 Å². The van der Waals surface area contributed by atoms with E-state index in [2.05, 4.69) is 10.1 Å². The van der Waals surface area contributed by atoms with Crippen LogP contribution in [0.4, 0.5) is 13.2 Å². The van der Waals surface area contributed by atoms with Crippen LogP contribution in [-0.4, -0.2) is 25.6 Å². The first-order valence-electron chi connectivity index (χ1n) is 7.66. The summed E-state index contributed by atoms with van der Waals surface area (Å²) in [5.41, 5.74) is 3.59. The molecule has 2 aromatic carbocycles. The van der Waals surface area contributed by atoms with Gasteiger partial charge in [-0.05, 0) is 37.1 Å². The number of halogens is 3. The molecule has 6 heteroatoms. The lowest BCUT2D eigenvalue weighted by Crippen LogP contribution is -2.50. The van der Waals surface area contributed by atoms with E-state index in [1.54, 1.807) is 6.07 Å². The molecule has 1 saturated heterocycles. The molecule has 2 aromatic rings. The lowest BCUT2D eigenvalue weighted by molar-refractivity contribution is -0.275. The molecule has 3 rings (SSSR count). The molecule has 128 valence electrons. The average molecular weight is 337 g/mol. The number of nitrogens with one attached hydrogen (secondary N) is 1. The third-order valence-electron chi connectivity index (χ3n) is 3.76. The van der Waals surface area contributed by atoms with Crippen LogP contribution in [0.25, 0.3) is 11.1 Å². The molecule has 0 aliphatic carbocycles. The fourth-order valence-electron chi connectivity index (χ4n) is 2.66. The summed E-state index contributed by atoms with van der Waals surface area (Å²) in [6, 6.07) is 10.5. The van der Waals surface area contributed by atoms with Gasteiger partial charge in [-0.1, -0.05) is 35.4 Å². The SMILES string of the molecule is Cc1cc(C)cc(-c2ccc(OC3CNC3)c(OC(F)(F)F)c2)c1. The Morgan fingerprint density at radius 1 is 0.917 bits per heavy atom. The van der Waals surface area contributed by atoms with Gasteiger partial charge in [-0.15, -0.1) is 13.2 Å². The number of hydrogen-bond donors (Lipinski definition) is 1. The smallest absolute Gasteiger partial charge is 0.484 e. The number of ether oxygens (including phenoxy) is 2. The van der Waals surface area contributed by atoms with E-state index in [1.807, 2.05) is 32.0 Å². The van der Waals surface area contributed by atoms with E-state index in [9.17, 15) is 13.2 Å². The predicted molar refractivity (Wildman–Crippen MR) is 85.3 cm³/mol. The predicted octanol–water partition coefficient (Wildman–Crippen LogP) is 4.22. The zero-order chi connectivity index (χ0) is 17.3. The normalized spacial score (nSPS) is 15.0. The molecule has 0 spiro atoms. The van der Waals surface area contributed by atoms with Crippen molar-refractivity contribution >= 4 is 0 Å². The summed E-state index contributed by atoms with van der Waals surface area (Å²) < 4.78 is 47.9. The minimum absolute atomic E-state index is 0.104. The molecule has 1 N–H and O–H groups in total. The zero-order valence-corrected chi connectivity index (χ0v) is 13.4. The Morgan fingerprint density at radius 3 is 2.12 bits per heavy atom. The third-order valence-corrected chi connectivity index (χ3v) is 3.76. The van der Waals surface area contributed by atoms with Crippen molar-refractivity contribution in [3.05, 3.63) is 47.5 Å². The van der Waals surface area contributed by atoms with E-state index < -0.39 is 6.36 Å². The molecule has 1 aliphatic heterocycles. The van der Waals surface area contributed by atoms with Crippen molar-refractivity contribution in [1.82, 2.24) is 5.32 Å². The van der Waals surface area contributed by atoms with Crippen LogP contribution in [0.3, 0.4) is 0 Å². The molecule has 1 heterocycles. The highest BCUT2D eigenvalue weighted by molar-refractivity contribution is 5.68. The summed E-state index contributed by atoms with van der Waals surface area (Å²) in [6.07, 6.45) is -4.90. The fourth-order valence-corrected chi connectivity index (χ4v) is 2.66. The van der Waals surface area contributed by atoms with Crippen LogP contribution >= 0.6 is 0 Å². The topological polar surface area (TPSA) is 30.5 Å². The van der Waals surface area contributed by atoms with Gasteiger partial charge in [-0.3, -0.25) is 0 Å². The summed E-state index contributed by atoms with van der Waals surface area (Å²) in [6.45, 7) is 5.13. The van der Waals surface area contributed by atoms with Gasteiger partial charge in [-0.2, -0.15) is 0 Å². The number of benzene rings is 2. The summed E-state index contributed by atoms with van der Waals surface area (Å²) in [5, 5.41) is 3.01. The van der Waals surface area contributed by atoms with Gasteiger partial charge in [0.25, 0.3) is 0 Å². The van der Waals surface area contributed by atoms with Crippen molar-refractivity contribution in [1.29, 1.82) is 0 Å². The second-order valence-electron chi connectivity index (χ2n) is 5.98. The molecule has 0 radical (unpaired) electrons. The first kappa shape index (κ1) is 16.6. The molecule has 3 nitrogen and oxygen atoms in total. The summed E-state index contributed by atoms with van der Waals surface area (Å²) in [4.78, 5) is 0. The first-order valence-corrected chi connectivity index (χ1v) is 7.66. The highest BCUT2D eigenvalue weighted by atomic mass is 19.4. The summed E-state index contributed by atoms with van der Waals surface area (Å²) in [7, 11) is 0. The first-order chi connectivity index (χ1) is 11.3. The summed E-state index contributed by atoms with van der Waals surface area (Å²) >= 11 is 0. The van der Waals surface area contributed by atoms with E-state index in [0.29, 0.717) is 18.7 Å². The van der Waals surface area contributed by atoms with Crippen molar-refractivity contribution < 1.29 is 22.6 Å². The van der Waals surface area contributed by atoms with Crippen molar-refractivity contribution in [3.8, 4) is 22.6 Å². The molecule has 0 aromatic heterocycles. The Hall–Kier alpha value is -2.21. The maximum Gasteiger partial charge on any atom is 0.573 e. The quantitative estimate of drug-likeness (QED) is 0.906. The Labute approximate surface area is 138 Å². The van der Waals surface area contributed by atoms with Crippen molar-refractivity contribution in [3.63, 3.8) is 0 Å². The third kappa shape index (κ3) is 4.00. The second kappa shape index (κ2) is 6.36. The van der Waals surface area contributed by atoms with E-state index in [1.165, 1.54) is 12.1 Å². The van der Waals surface area contributed by atoms with Gasteiger partial charge in [0, 0.05) is 13.1 Å². The Kier molecular flexibility index (Phi) is 4.41. The van der Waals surface area contributed by atoms with Crippen LogP contribution < -0.4 is 14.8 Å². The van der Waals surface area contributed by atoms with Crippen LogP contribution in [0.15, 0.2) is 36.4 Å². The van der Waals surface area contributed by atoms with Crippen LogP contribution in [-0.2, 0) is 0 Å². The van der Waals surface area contributed by atoms with Crippen molar-refractivity contribution in [2.24, 2.45) is 0 Å². The monoisotopic (exact) mass is 337 g/mol. The standard InChI is InChI=1S/C18H18F3NO2/c1-11-5-12(2)7-14(6-11)13-3-4-16(23-15-9-22-10-15)17(8-13)24-18(19,20)21/h3-8,15,22H,9-10H2,1-2H3. The second-order valence-corrected chi connectivity index (χ2v) is 5.98. The molecule has 0 saturated carbocycles. The lowest BCUT2D eigenvalue weighted by atomic mass is 10.0. The molecule has 24 heavy (non-hydrogen) atoms. The van der Waals surface area contributed by atoms with Crippen LogP contribution in [0, 0.1) is 13.8 Å². The molecule has 1 aliphatic rings. The molecule has 0 atom stereocenters. The summed E-state index contributed by atoms with van der Waals surface area (Å²) in [5.74, 6) is -0.210. The van der Waals surface area contributed by atoms with Gasteiger partial charge in [-0.25, -0.2) is 0 Å². The molecule has 1 fully saturated rings. The van der Waals surface area contributed by atoms with E-state index >= 15 is 0 Å². The molecular formula is C18H18F3NO2. The number of alkyl halides is 3. The molecule has 0 unspecified atom stereocenters. The van der Waals surface area contributed by atoms with Gasteiger partial charge in [0.1, 0.15) is 6.10 Å². The van der Waals surface area contributed by atoms with Gasteiger partial charge in [0.05, 0.1) is 0 Å². The minimum Gasteiger partial charge on any atom is -0.484 e. The average Bonchev–Trinajstić information content (AvgIpc) is 2.41. The highest BCUT2D eigenvalue weighted by Crippen LogP contribution is 2.37. The van der Waals surface area contributed by atoms with Gasteiger partial charge >= 0.3 is 6.36 Å². The highest BCUT2D eigenvalue weighted by Gasteiger charge is 2.33. The minimum atomic E-state index is -4.77. The molecular weight excluding hydrogens is 319 g/mol. The van der Waals surface area contributed by atoms with Crippen LogP contribution in [0.5, 0.6) is 11.5 Å². The van der Waals surface area contributed by atoms with Crippen molar-refractivity contribution in [2.75, 3.05) is 13.1 Å².